The summed E-state index contributed by atoms with van der Waals surface area (Å²) < 4.78 is 0. The topological polar surface area (TPSA) is 49.4 Å². The van der Waals surface area contributed by atoms with Gasteiger partial charge in [0.2, 0.25) is 5.91 Å². The number of aldehydes is 1. The second-order valence-electron chi connectivity index (χ2n) is 4.81. The first-order valence-corrected chi connectivity index (χ1v) is 6.09. The van der Waals surface area contributed by atoms with Crippen LogP contribution in [0.4, 0.5) is 0 Å². The molecule has 0 radical (unpaired) electrons. The van der Waals surface area contributed by atoms with E-state index >= 15 is 0 Å². The number of amides is 1. The summed E-state index contributed by atoms with van der Waals surface area (Å²) in [6.45, 7) is 6.52. The van der Waals surface area contributed by atoms with Crippen molar-refractivity contribution in [3.8, 4) is 0 Å². The molecule has 1 atom stereocenters. The van der Waals surface area contributed by atoms with Crippen molar-refractivity contribution < 1.29 is 9.59 Å². The van der Waals surface area contributed by atoms with Crippen LogP contribution in [-0.2, 0) is 9.59 Å². The number of nitrogens with zero attached hydrogens (tertiary/aromatic N) is 1. The fourth-order valence-electron chi connectivity index (χ4n) is 2.06. The van der Waals surface area contributed by atoms with Gasteiger partial charge < -0.3 is 15.0 Å². The molecule has 1 saturated heterocycles. The Labute approximate surface area is 97.4 Å². The van der Waals surface area contributed by atoms with Crippen LogP contribution in [0.3, 0.4) is 0 Å². The molecule has 0 bridgehead atoms. The van der Waals surface area contributed by atoms with Gasteiger partial charge in [-0.2, -0.15) is 0 Å². The summed E-state index contributed by atoms with van der Waals surface area (Å²) in [7, 11) is 0. The first-order chi connectivity index (χ1) is 7.61. The van der Waals surface area contributed by atoms with E-state index in [9.17, 15) is 9.59 Å². The number of rotatable bonds is 5. The number of hydrogen-bond donors (Lipinski definition) is 1. The van der Waals surface area contributed by atoms with Crippen LogP contribution >= 0.6 is 0 Å². The average molecular weight is 226 g/mol. The minimum Gasteiger partial charge on any atom is -0.354 e. The number of carbonyl (C=O) groups is 2. The summed E-state index contributed by atoms with van der Waals surface area (Å²) in [5.74, 6) is 0.269. The third-order valence-corrected chi connectivity index (χ3v) is 2.84. The quantitative estimate of drug-likeness (QED) is 0.706. The molecule has 1 N–H and O–H groups in total. The van der Waals surface area contributed by atoms with Crippen LogP contribution in [0.5, 0.6) is 0 Å². The van der Waals surface area contributed by atoms with Crippen molar-refractivity contribution in [3.05, 3.63) is 0 Å². The van der Waals surface area contributed by atoms with Crippen LogP contribution in [0, 0.1) is 5.92 Å². The lowest BCUT2D eigenvalue weighted by atomic mass is 10.00. The molecule has 16 heavy (non-hydrogen) atoms. The lowest BCUT2D eigenvalue weighted by Gasteiger charge is -2.29. The van der Waals surface area contributed by atoms with Gasteiger partial charge in [-0.15, -0.1) is 0 Å². The summed E-state index contributed by atoms with van der Waals surface area (Å²) in [6.07, 6.45) is 3.64. The van der Waals surface area contributed by atoms with Gasteiger partial charge in [-0.05, 0) is 33.2 Å². The van der Waals surface area contributed by atoms with Crippen LogP contribution in [0.15, 0.2) is 0 Å². The monoisotopic (exact) mass is 226 g/mol. The summed E-state index contributed by atoms with van der Waals surface area (Å²) >= 11 is 0. The highest BCUT2D eigenvalue weighted by molar-refractivity contribution is 5.76. The molecular weight excluding hydrogens is 204 g/mol. The molecule has 1 amide bonds. The van der Waals surface area contributed by atoms with E-state index in [1.807, 2.05) is 13.8 Å². The molecule has 0 aromatic carbocycles. The van der Waals surface area contributed by atoms with E-state index in [0.717, 1.165) is 38.8 Å². The summed E-state index contributed by atoms with van der Waals surface area (Å²) in [5.41, 5.74) is 0. The molecule has 4 nitrogen and oxygen atoms in total. The smallest absolute Gasteiger partial charge is 0.221 e. The lowest BCUT2D eigenvalue weighted by Crippen LogP contribution is -2.39. The van der Waals surface area contributed by atoms with E-state index in [1.54, 1.807) is 0 Å². The minimum absolute atomic E-state index is 0.100. The Balaban J connectivity index is 2.21. The van der Waals surface area contributed by atoms with Gasteiger partial charge in [0.1, 0.15) is 6.29 Å². The molecule has 1 aliphatic heterocycles. The summed E-state index contributed by atoms with van der Waals surface area (Å²) in [5, 5.41) is 2.87. The average Bonchev–Trinajstić information content (AvgIpc) is 2.26. The molecule has 1 aliphatic rings. The van der Waals surface area contributed by atoms with E-state index in [-0.39, 0.29) is 17.9 Å². The van der Waals surface area contributed by atoms with Gasteiger partial charge in [-0.25, -0.2) is 0 Å². The van der Waals surface area contributed by atoms with Crippen molar-refractivity contribution >= 4 is 12.2 Å². The normalized spacial score (nSPS) is 22.1. The van der Waals surface area contributed by atoms with Gasteiger partial charge in [-0.1, -0.05) is 0 Å². The van der Waals surface area contributed by atoms with Crippen LogP contribution in [0.25, 0.3) is 0 Å². The predicted molar refractivity (Wildman–Crippen MR) is 63.1 cm³/mol. The van der Waals surface area contributed by atoms with E-state index in [1.165, 1.54) is 0 Å². The lowest BCUT2D eigenvalue weighted by molar-refractivity contribution is -0.122. The highest BCUT2D eigenvalue weighted by atomic mass is 16.1. The standard InChI is InChI=1S/C12H22N2O2/c1-10(2)13-12(16)5-7-14-6-3-4-11(8-14)9-15/h9-11H,3-8H2,1-2H3,(H,13,16). The molecule has 1 unspecified atom stereocenters. The first-order valence-electron chi connectivity index (χ1n) is 6.09. The van der Waals surface area contributed by atoms with Crippen molar-refractivity contribution in [1.82, 2.24) is 10.2 Å². The Kier molecular flexibility index (Phi) is 5.46. The van der Waals surface area contributed by atoms with Crippen LogP contribution in [0.2, 0.25) is 0 Å². The molecule has 0 aliphatic carbocycles. The third-order valence-electron chi connectivity index (χ3n) is 2.84. The van der Waals surface area contributed by atoms with Crippen LogP contribution in [-0.4, -0.2) is 42.8 Å². The predicted octanol–water partition coefficient (Wildman–Crippen LogP) is 0.812. The van der Waals surface area contributed by atoms with Gasteiger partial charge >= 0.3 is 0 Å². The molecule has 0 aromatic rings. The van der Waals surface area contributed by atoms with Crippen molar-refractivity contribution in [2.75, 3.05) is 19.6 Å². The zero-order valence-electron chi connectivity index (χ0n) is 10.2. The van der Waals surface area contributed by atoms with Crippen molar-refractivity contribution in [2.45, 2.75) is 39.2 Å². The summed E-state index contributed by atoms with van der Waals surface area (Å²) in [6, 6.07) is 0.205. The molecule has 1 fully saturated rings. The molecule has 4 heteroatoms. The molecule has 0 aromatic heterocycles. The Morgan fingerprint density at radius 2 is 2.31 bits per heavy atom. The van der Waals surface area contributed by atoms with E-state index < -0.39 is 0 Å². The number of piperidine rings is 1. The third kappa shape index (κ3) is 4.75. The second kappa shape index (κ2) is 6.63. The number of carbonyl (C=O) groups excluding carboxylic acids is 2. The van der Waals surface area contributed by atoms with Crippen molar-refractivity contribution in [1.29, 1.82) is 0 Å². The molecule has 0 spiro atoms. The highest BCUT2D eigenvalue weighted by Crippen LogP contribution is 2.14. The number of likely N-dealkylation sites (tertiary alicyclic amines) is 1. The first kappa shape index (κ1) is 13.2. The van der Waals surface area contributed by atoms with E-state index in [4.69, 9.17) is 0 Å². The minimum atomic E-state index is 0.100. The van der Waals surface area contributed by atoms with Gasteiger partial charge in [0, 0.05) is 31.5 Å². The SMILES string of the molecule is CC(C)NC(=O)CCN1CCCC(C=O)C1. The maximum absolute atomic E-state index is 11.4. The molecule has 1 rings (SSSR count). The Bertz CT molecular complexity index is 241. The maximum atomic E-state index is 11.4. The van der Waals surface area contributed by atoms with Gasteiger partial charge in [-0.3, -0.25) is 4.79 Å². The van der Waals surface area contributed by atoms with Crippen LogP contribution in [0.1, 0.15) is 33.1 Å². The zero-order valence-corrected chi connectivity index (χ0v) is 10.2. The highest BCUT2D eigenvalue weighted by Gasteiger charge is 2.19. The molecular formula is C12H22N2O2. The number of nitrogens with one attached hydrogen (secondary N) is 1. The van der Waals surface area contributed by atoms with Gasteiger partial charge in [0.05, 0.1) is 0 Å². The van der Waals surface area contributed by atoms with Gasteiger partial charge in [0.25, 0.3) is 0 Å². The number of hydrogen-bond acceptors (Lipinski definition) is 3. The Morgan fingerprint density at radius 3 is 2.94 bits per heavy atom. The van der Waals surface area contributed by atoms with E-state index in [0.29, 0.717) is 6.42 Å². The molecule has 0 saturated carbocycles. The van der Waals surface area contributed by atoms with Crippen LogP contribution < -0.4 is 5.32 Å². The van der Waals surface area contributed by atoms with E-state index in [2.05, 4.69) is 10.2 Å². The maximum Gasteiger partial charge on any atom is 0.221 e. The molecule has 1 heterocycles. The Hall–Kier alpha value is -0.900. The fraction of sp³-hybridized carbons (Fsp3) is 0.833. The fourth-order valence-corrected chi connectivity index (χ4v) is 2.06. The second-order valence-corrected chi connectivity index (χ2v) is 4.81. The molecule has 92 valence electrons. The van der Waals surface area contributed by atoms with Crippen molar-refractivity contribution in [2.24, 2.45) is 5.92 Å². The Morgan fingerprint density at radius 1 is 1.56 bits per heavy atom. The summed E-state index contributed by atoms with van der Waals surface area (Å²) in [4.78, 5) is 24.3. The largest absolute Gasteiger partial charge is 0.354 e. The van der Waals surface area contributed by atoms with Crippen molar-refractivity contribution in [3.63, 3.8) is 0 Å². The van der Waals surface area contributed by atoms with Gasteiger partial charge in [0.15, 0.2) is 0 Å². The zero-order chi connectivity index (χ0) is 12.0.